The van der Waals surface area contributed by atoms with Crippen LogP contribution in [0, 0.1) is 0 Å². The third-order valence-corrected chi connectivity index (χ3v) is 3.86. The van der Waals surface area contributed by atoms with E-state index in [-0.39, 0.29) is 5.91 Å². The fraction of sp³-hybridized carbons (Fsp3) is 0.350. The number of para-hydroxylation sites is 1. The summed E-state index contributed by atoms with van der Waals surface area (Å²) in [6.07, 6.45) is 1.09. The molecule has 2 rings (SSSR count). The van der Waals surface area contributed by atoms with Gasteiger partial charge in [0.05, 0.1) is 6.61 Å². The molecule has 0 unspecified atom stereocenters. The van der Waals surface area contributed by atoms with Crippen LogP contribution in [0.3, 0.4) is 0 Å². The molecule has 0 bridgehead atoms. The summed E-state index contributed by atoms with van der Waals surface area (Å²) in [5.74, 6) is -0.108. The van der Waals surface area contributed by atoms with Crippen molar-refractivity contribution in [3.05, 3.63) is 59.7 Å². The summed E-state index contributed by atoms with van der Waals surface area (Å²) in [4.78, 5) is 14.7. The van der Waals surface area contributed by atoms with E-state index >= 15 is 0 Å². The maximum atomic E-state index is 12.5. The molecule has 0 aromatic heterocycles. The van der Waals surface area contributed by atoms with Gasteiger partial charge in [-0.2, -0.15) is 0 Å². The highest BCUT2D eigenvalue weighted by Crippen LogP contribution is 2.19. The molecule has 0 saturated carbocycles. The molecular weight excluding hydrogens is 300 g/mol. The molecule has 4 nitrogen and oxygen atoms in total. The van der Waals surface area contributed by atoms with Gasteiger partial charge in [0.1, 0.15) is 0 Å². The monoisotopic (exact) mass is 326 g/mol. The second-order valence-corrected chi connectivity index (χ2v) is 5.72. The largest absolute Gasteiger partial charge is 0.377 e. The molecule has 0 spiro atoms. The van der Waals surface area contributed by atoms with Crippen LogP contribution in [0.25, 0.3) is 0 Å². The van der Waals surface area contributed by atoms with Gasteiger partial charge in [0.25, 0.3) is 5.91 Å². The first-order chi connectivity index (χ1) is 11.7. The van der Waals surface area contributed by atoms with Crippen molar-refractivity contribution < 1.29 is 9.53 Å². The third-order valence-electron chi connectivity index (χ3n) is 3.86. The van der Waals surface area contributed by atoms with Crippen molar-refractivity contribution in [1.29, 1.82) is 0 Å². The number of hydrogen-bond donors (Lipinski definition) is 1. The minimum absolute atomic E-state index is 0.108. The first-order valence-corrected chi connectivity index (χ1v) is 8.44. The lowest BCUT2D eigenvalue weighted by molar-refractivity contribution is 0.102. The predicted molar refractivity (Wildman–Crippen MR) is 99.7 cm³/mol. The quantitative estimate of drug-likeness (QED) is 0.785. The summed E-state index contributed by atoms with van der Waals surface area (Å²) in [6, 6.07) is 15.4. The highest BCUT2D eigenvalue weighted by atomic mass is 16.5. The molecule has 2 aromatic rings. The lowest BCUT2D eigenvalue weighted by Crippen LogP contribution is -2.18. The Labute approximate surface area is 144 Å². The maximum Gasteiger partial charge on any atom is 0.255 e. The lowest BCUT2D eigenvalue weighted by atomic mass is 10.1. The van der Waals surface area contributed by atoms with E-state index in [0.29, 0.717) is 18.8 Å². The van der Waals surface area contributed by atoms with Gasteiger partial charge in [-0.15, -0.1) is 0 Å². The van der Waals surface area contributed by atoms with Gasteiger partial charge < -0.3 is 15.0 Å². The molecule has 1 amide bonds. The zero-order valence-electron chi connectivity index (χ0n) is 14.7. The van der Waals surface area contributed by atoms with Crippen molar-refractivity contribution in [1.82, 2.24) is 0 Å². The number of hydrogen-bond acceptors (Lipinski definition) is 3. The van der Waals surface area contributed by atoms with E-state index in [4.69, 9.17) is 4.74 Å². The molecule has 2 aromatic carbocycles. The van der Waals surface area contributed by atoms with Gasteiger partial charge >= 0.3 is 0 Å². The molecule has 0 heterocycles. The molecule has 128 valence electrons. The first kappa shape index (κ1) is 18.0. The molecule has 0 aliphatic heterocycles. The summed E-state index contributed by atoms with van der Waals surface area (Å²) >= 11 is 0. The van der Waals surface area contributed by atoms with Crippen molar-refractivity contribution in [2.24, 2.45) is 0 Å². The molecule has 0 atom stereocenters. The average Bonchev–Trinajstić information content (AvgIpc) is 2.61. The first-order valence-electron chi connectivity index (χ1n) is 8.44. The Bertz CT molecular complexity index is 653. The number of nitrogens with one attached hydrogen (secondary N) is 1. The minimum atomic E-state index is -0.108. The summed E-state index contributed by atoms with van der Waals surface area (Å²) in [5.41, 5.74) is 3.54. The minimum Gasteiger partial charge on any atom is -0.377 e. The number of rotatable bonds is 8. The molecule has 0 fully saturated rings. The highest BCUT2D eigenvalue weighted by Gasteiger charge is 2.09. The smallest absolute Gasteiger partial charge is 0.255 e. The van der Waals surface area contributed by atoms with E-state index in [1.54, 1.807) is 0 Å². The van der Waals surface area contributed by atoms with Crippen LogP contribution in [0.15, 0.2) is 48.5 Å². The van der Waals surface area contributed by atoms with Crippen LogP contribution in [0.5, 0.6) is 0 Å². The Morgan fingerprint density at radius 3 is 2.46 bits per heavy atom. The average molecular weight is 326 g/mol. The predicted octanol–water partition coefficient (Wildman–Crippen LogP) is 4.32. The number of nitrogens with zero attached hydrogens (tertiary/aromatic N) is 1. The fourth-order valence-corrected chi connectivity index (χ4v) is 2.51. The molecule has 1 N–H and O–H groups in total. The van der Waals surface area contributed by atoms with Gasteiger partial charge in [0.15, 0.2) is 0 Å². The highest BCUT2D eigenvalue weighted by molar-refractivity contribution is 6.04. The van der Waals surface area contributed by atoms with Gasteiger partial charge in [-0.05, 0) is 43.7 Å². The van der Waals surface area contributed by atoms with Crippen LogP contribution in [0.4, 0.5) is 11.4 Å². The number of anilines is 2. The molecule has 0 aliphatic rings. The van der Waals surface area contributed by atoms with E-state index in [1.165, 1.54) is 0 Å². The Morgan fingerprint density at radius 1 is 1.08 bits per heavy atom. The van der Waals surface area contributed by atoms with Gasteiger partial charge in [0, 0.05) is 42.7 Å². The van der Waals surface area contributed by atoms with Crippen molar-refractivity contribution in [2.75, 3.05) is 30.4 Å². The number of amides is 1. The van der Waals surface area contributed by atoms with Crippen LogP contribution in [-0.2, 0) is 11.3 Å². The summed E-state index contributed by atoms with van der Waals surface area (Å²) in [6.45, 7) is 6.25. The standard InChI is InChI=1S/C20H26N2O2/c1-4-14-22(3)18-12-10-16(11-13-18)20(23)21-19-9-7-6-8-17(19)15-24-5-2/h6-13H,4-5,14-15H2,1-3H3,(H,21,23). The molecule has 0 saturated heterocycles. The zero-order chi connectivity index (χ0) is 17.4. The lowest BCUT2D eigenvalue weighted by Gasteiger charge is -2.18. The molecular formula is C20H26N2O2. The fourth-order valence-electron chi connectivity index (χ4n) is 2.51. The summed E-state index contributed by atoms with van der Waals surface area (Å²) in [5, 5.41) is 2.98. The van der Waals surface area contributed by atoms with Gasteiger partial charge in [-0.1, -0.05) is 25.1 Å². The number of carbonyl (C=O) groups excluding carboxylic acids is 1. The Hall–Kier alpha value is -2.33. The normalized spacial score (nSPS) is 10.5. The second kappa shape index (κ2) is 9.08. The van der Waals surface area contributed by atoms with Crippen molar-refractivity contribution in [3.63, 3.8) is 0 Å². The zero-order valence-corrected chi connectivity index (χ0v) is 14.7. The maximum absolute atomic E-state index is 12.5. The van der Waals surface area contributed by atoms with Crippen molar-refractivity contribution in [2.45, 2.75) is 26.9 Å². The van der Waals surface area contributed by atoms with Gasteiger partial charge in [-0.3, -0.25) is 4.79 Å². The van der Waals surface area contributed by atoms with Gasteiger partial charge in [-0.25, -0.2) is 0 Å². The number of ether oxygens (including phenoxy) is 1. The third kappa shape index (κ3) is 4.83. The second-order valence-electron chi connectivity index (χ2n) is 5.72. The van der Waals surface area contributed by atoms with E-state index < -0.39 is 0 Å². The van der Waals surface area contributed by atoms with Crippen LogP contribution in [0.2, 0.25) is 0 Å². The van der Waals surface area contributed by atoms with E-state index in [1.807, 2.05) is 55.5 Å². The van der Waals surface area contributed by atoms with Gasteiger partial charge in [0.2, 0.25) is 0 Å². The van der Waals surface area contributed by atoms with Crippen LogP contribution in [-0.4, -0.2) is 26.1 Å². The van der Waals surface area contributed by atoms with E-state index in [2.05, 4.69) is 24.2 Å². The van der Waals surface area contributed by atoms with Crippen LogP contribution < -0.4 is 10.2 Å². The number of benzene rings is 2. The van der Waals surface area contributed by atoms with Crippen molar-refractivity contribution in [3.8, 4) is 0 Å². The SMILES string of the molecule is CCCN(C)c1ccc(C(=O)Nc2ccccc2COCC)cc1. The Kier molecular flexibility index (Phi) is 6.82. The van der Waals surface area contributed by atoms with E-state index in [9.17, 15) is 4.79 Å². The van der Waals surface area contributed by atoms with Crippen molar-refractivity contribution >= 4 is 17.3 Å². The molecule has 24 heavy (non-hydrogen) atoms. The Morgan fingerprint density at radius 2 is 1.79 bits per heavy atom. The molecule has 0 aliphatic carbocycles. The van der Waals surface area contributed by atoms with Crippen LogP contribution >= 0.6 is 0 Å². The summed E-state index contributed by atoms with van der Waals surface area (Å²) < 4.78 is 5.46. The summed E-state index contributed by atoms with van der Waals surface area (Å²) in [7, 11) is 2.06. The van der Waals surface area contributed by atoms with E-state index in [0.717, 1.165) is 29.9 Å². The Balaban J connectivity index is 2.07. The van der Waals surface area contributed by atoms with Crippen LogP contribution in [0.1, 0.15) is 36.2 Å². The molecule has 4 heteroatoms. The number of carbonyl (C=O) groups is 1. The molecule has 0 radical (unpaired) electrons. The topological polar surface area (TPSA) is 41.6 Å².